The molecule has 0 bridgehead atoms. The summed E-state index contributed by atoms with van der Waals surface area (Å²) in [6.07, 6.45) is 5.21. The molecule has 2 aromatic heterocycles. The van der Waals surface area contributed by atoms with E-state index in [0.29, 0.717) is 23.2 Å². The number of halogens is 2. The molecule has 4 rings (SSSR count). The zero-order chi connectivity index (χ0) is 20.4. The van der Waals surface area contributed by atoms with Crippen LogP contribution in [-0.4, -0.2) is 38.6 Å². The van der Waals surface area contributed by atoms with E-state index in [4.69, 9.17) is 11.6 Å². The van der Waals surface area contributed by atoms with Crippen molar-refractivity contribution >= 4 is 23.5 Å². The van der Waals surface area contributed by atoms with Crippen LogP contribution in [0, 0.1) is 5.92 Å². The lowest BCUT2D eigenvalue weighted by molar-refractivity contribution is -0.120. The van der Waals surface area contributed by atoms with Gasteiger partial charge >= 0.3 is 0 Å². The van der Waals surface area contributed by atoms with Crippen molar-refractivity contribution in [1.82, 2.24) is 24.8 Å². The molecule has 3 atom stereocenters. The standard InChI is InChI=1S/C20H20ClFN6O/c1-12(17-10-28(11-25-17)15-4-2-14(21)3-5-15)26-20-23-7-6-16(27-20)18-13(8-22)9-24-19(18)29/h2-7,10-13,18H,8-9H2,1H3,(H,24,29)(H,23,26,27)/t12-,13?,18+/m0/s1. The summed E-state index contributed by atoms with van der Waals surface area (Å²) in [5.41, 5.74) is 2.26. The van der Waals surface area contributed by atoms with E-state index in [2.05, 4.69) is 25.6 Å². The van der Waals surface area contributed by atoms with Gasteiger partial charge in [-0.15, -0.1) is 0 Å². The number of nitrogens with one attached hydrogen (secondary N) is 2. The predicted molar refractivity (Wildman–Crippen MR) is 108 cm³/mol. The van der Waals surface area contributed by atoms with E-state index in [9.17, 15) is 9.18 Å². The normalized spacial score (nSPS) is 19.8. The van der Waals surface area contributed by atoms with Gasteiger partial charge in [-0.05, 0) is 37.3 Å². The number of alkyl halides is 1. The average Bonchev–Trinajstić information content (AvgIpc) is 3.35. The van der Waals surface area contributed by atoms with E-state index < -0.39 is 18.5 Å². The van der Waals surface area contributed by atoms with Crippen LogP contribution >= 0.6 is 11.6 Å². The molecule has 3 heterocycles. The Morgan fingerprint density at radius 3 is 2.86 bits per heavy atom. The summed E-state index contributed by atoms with van der Waals surface area (Å²) in [7, 11) is 0. The van der Waals surface area contributed by atoms with Gasteiger partial charge < -0.3 is 15.2 Å². The fourth-order valence-electron chi connectivity index (χ4n) is 3.39. The lowest BCUT2D eigenvalue weighted by Gasteiger charge is -2.15. The predicted octanol–water partition coefficient (Wildman–Crippen LogP) is 3.29. The van der Waals surface area contributed by atoms with Crippen LogP contribution in [0.2, 0.25) is 5.02 Å². The molecule has 3 aromatic rings. The summed E-state index contributed by atoms with van der Waals surface area (Å²) in [6, 6.07) is 8.94. The second kappa shape index (κ2) is 8.16. The van der Waals surface area contributed by atoms with Crippen molar-refractivity contribution < 1.29 is 9.18 Å². The van der Waals surface area contributed by atoms with Gasteiger partial charge in [0.25, 0.3) is 0 Å². The number of nitrogens with zero attached hydrogens (tertiary/aromatic N) is 4. The summed E-state index contributed by atoms with van der Waals surface area (Å²) in [5, 5.41) is 6.57. The largest absolute Gasteiger partial charge is 0.355 e. The van der Waals surface area contributed by atoms with Crippen molar-refractivity contribution in [3.05, 3.63) is 65.5 Å². The average molecular weight is 415 g/mol. The number of amides is 1. The first-order chi connectivity index (χ1) is 14.0. The van der Waals surface area contributed by atoms with E-state index in [1.165, 1.54) is 0 Å². The fraction of sp³-hybridized carbons (Fsp3) is 0.300. The molecular weight excluding hydrogens is 395 g/mol. The summed E-state index contributed by atoms with van der Waals surface area (Å²) in [5.74, 6) is -0.832. The van der Waals surface area contributed by atoms with Crippen molar-refractivity contribution in [2.45, 2.75) is 18.9 Å². The van der Waals surface area contributed by atoms with Gasteiger partial charge in [0.1, 0.15) is 0 Å². The van der Waals surface area contributed by atoms with Gasteiger partial charge in [0.15, 0.2) is 0 Å². The van der Waals surface area contributed by atoms with E-state index in [-0.39, 0.29) is 11.9 Å². The first-order valence-corrected chi connectivity index (χ1v) is 9.66. The smallest absolute Gasteiger partial charge is 0.229 e. The maximum absolute atomic E-state index is 13.2. The molecule has 0 aliphatic carbocycles. The van der Waals surface area contributed by atoms with Gasteiger partial charge in [0.2, 0.25) is 11.9 Å². The molecule has 1 aromatic carbocycles. The molecule has 1 aliphatic heterocycles. The van der Waals surface area contributed by atoms with E-state index in [1.54, 1.807) is 18.6 Å². The van der Waals surface area contributed by atoms with Gasteiger partial charge in [0.05, 0.1) is 36.3 Å². The molecule has 29 heavy (non-hydrogen) atoms. The summed E-state index contributed by atoms with van der Waals surface area (Å²) in [4.78, 5) is 25.2. The zero-order valence-corrected chi connectivity index (χ0v) is 16.5. The molecule has 1 unspecified atom stereocenters. The maximum Gasteiger partial charge on any atom is 0.229 e. The topological polar surface area (TPSA) is 84.7 Å². The molecule has 1 aliphatic rings. The van der Waals surface area contributed by atoms with Crippen molar-refractivity contribution in [3.63, 3.8) is 0 Å². The van der Waals surface area contributed by atoms with E-state index in [0.717, 1.165) is 11.4 Å². The highest BCUT2D eigenvalue weighted by molar-refractivity contribution is 6.30. The minimum absolute atomic E-state index is 0.173. The van der Waals surface area contributed by atoms with Crippen LogP contribution in [0.15, 0.2) is 49.1 Å². The lowest BCUT2D eigenvalue weighted by atomic mass is 9.93. The number of hydrogen-bond donors (Lipinski definition) is 2. The Bertz CT molecular complexity index is 1010. The third-order valence-electron chi connectivity index (χ3n) is 5.00. The Balaban J connectivity index is 1.50. The van der Waals surface area contributed by atoms with Crippen LogP contribution in [0.5, 0.6) is 0 Å². The highest BCUT2D eigenvalue weighted by Gasteiger charge is 2.37. The Hall–Kier alpha value is -3.00. The van der Waals surface area contributed by atoms with Gasteiger partial charge in [-0.1, -0.05) is 11.6 Å². The van der Waals surface area contributed by atoms with Crippen LogP contribution in [0.25, 0.3) is 5.69 Å². The quantitative estimate of drug-likeness (QED) is 0.646. The third kappa shape index (κ3) is 4.07. The number of benzene rings is 1. The monoisotopic (exact) mass is 414 g/mol. The Morgan fingerprint density at radius 2 is 2.10 bits per heavy atom. The summed E-state index contributed by atoms with van der Waals surface area (Å²) >= 11 is 5.94. The molecule has 0 saturated carbocycles. The molecule has 7 nitrogen and oxygen atoms in total. The fourth-order valence-corrected chi connectivity index (χ4v) is 3.52. The molecule has 0 spiro atoms. The SMILES string of the molecule is C[C@H](Nc1nccc([C@@H]2C(=O)NCC2CF)n1)c1cn(-c2ccc(Cl)cc2)cn1. The van der Waals surface area contributed by atoms with Crippen LogP contribution in [-0.2, 0) is 4.79 Å². The summed E-state index contributed by atoms with van der Waals surface area (Å²) in [6.45, 7) is 1.69. The van der Waals surface area contributed by atoms with Crippen molar-refractivity contribution in [2.24, 2.45) is 5.92 Å². The second-order valence-electron chi connectivity index (χ2n) is 6.99. The number of imidazole rings is 1. The first kappa shape index (κ1) is 19.3. The van der Waals surface area contributed by atoms with Crippen molar-refractivity contribution in [1.29, 1.82) is 0 Å². The van der Waals surface area contributed by atoms with Gasteiger partial charge in [0, 0.05) is 35.6 Å². The number of aromatic nitrogens is 4. The van der Waals surface area contributed by atoms with Crippen LogP contribution in [0.1, 0.15) is 30.3 Å². The third-order valence-corrected chi connectivity index (χ3v) is 5.25. The highest BCUT2D eigenvalue weighted by Crippen LogP contribution is 2.29. The van der Waals surface area contributed by atoms with Gasteiger partial charge in [-0.2, -0.15) is 0 Å². The number of carbonyl (C=O) groups is 1. The maximum atomic E-state index is 13.2. The van der Waals surface area contributed by atoms with Gasteiger partial charge in [-0.25, -0.2) is 15.0 Å². The number of anilines is 1. The minimum Gasteiger partial charge on any atom is -0.355 e. The van der Waals surface area contributed by atoms with Crippen molar-refractivity contribution in [3.8, 4) is 5.69 Å². The molecule has 1 fully saturated rings. The van der Waals surface area contributed by atoms with E-state index in [1.807, 2.05) is 42.0 Å². The van der Waals surface area contributed by atoms with Crippen molar-refractivity contribution in [2.75, 3.05) is 18.5 Å². The van der Waals surface area contributed by atoms with E-state index >= 15 is 0 Å². The Labute approximate surface area is 172 Å². The molecule has 1 amide bonds. The van der Waals surface area contributed by atoms with Crippen LogP contribution < -0.4 is 10.6 Å². The zero-order valence-electron chi connectivity index (χ0n) is 15.7. The summed E-state index contributed by atoms with van der Waals surface area (Å²) < 4.78 is 15.1. The molecule has 150 valence electrons. The second-order valence-corrected chi connectivity index (χ2v) is 7.43. The minimum atomic E-state index is -0.594. The number of hydrogen-bond acceptors (Lipinski definition) is 5. The number of rotatable bonds is 6. The first-order valence-electron chi connectivity index (χ1n) is 9.28. The van der Waals surface area contributed by atoms with Crippen LogP contribution in [0.4, 0.5) is 10.3 Å². The highest BCUT2D eigenvalue weighted by atomic mass is 35.5. The molecular formula is C20H20ClFN6O. The molecule has 2 N–H and O–H groups in total. The Morgan fingerprint density at radius 1 is 1.31 bits per heavy atom. The lowest BCUT2D eigenvalue weighted by Crippen LogP contribution is -2.20. The van der Waals surface area contributed by atoms with Gasteiger partial charge in [-0.3, -0.25) is 9.18 Å². The van der Waals surface area contributed by atoms with Crippen LogP contribution in [0.3, 0.4) is 0 Å². The molecule has 9 heteroatoms. The Kier molecular flexibility index (Phi) is 5.44. The number of carbonyl (C=O) groups excluding carboxylic acids is 1. The molecule has 0 radical (unpaired) electrons. The molecule has 1 saturated heterocycles.